The smallest absolute Gasteiger partial charge is 0.284 e. The van der Waals surface area contributed by atoms with E-state index in [1.807, 2.05) is 0 Å². The first-order valence-electron chi connectivity index (χ1n) is 5.22. The summed E-state index contributed by atoms with van der Waals surface area (Å²) in [6.07, 6.45) is -3.54. The van der Waals surface area contributed by atoms with Crippen molar-refractivity contribution in [2.45, 2.75) is 24.5 Å². The normalized spacial score (nSPS) is 31.7. The fourth-order valence-corrected chi connectivity index (χ4v) is 1.92. The first-order valence-corrected chi connectivity index (χ1v) is 5.22. The Labute approximate surface area is 102 Å². The number of carbonyl (C=O) groups excluding carboxylic acids is 1. The number of amides is 1. The molecule has 0 radical (unpaired) electrons. The third kappa shape index (κ3) is 1.82. The van der Waals surface area contributed by atoms with Crippen LogP contribution in [0.15, 0.2) is 6.20 Å². The van der Waals surface area contributed by atoms with Gasteiger partial charge in [-0.15, -0.1) is 0 Å². The number of aromatic nitrogens is 2. The lowest BCUT2D eigenvalue weighted by Gasteiger charge is -2.19. The summed E-state index contributed by atoms with van der Waals surface area (Å²) in [6.45, 7) is -0.477. The van der Waals surface area contributed by atoms with E-state index in [0.29, 0.717) is 0 Å². The van der Waals surface area contributed by atoms with Crippen LogP contribution < -0.4 is 11.5 Å². The number of nitrogens with zero attached hydrogens (tertiary/aromatic N) is 2. The lowest BCUT2D eigenvalue weighted by atomic mass is 10.1. The van der Waals surface area contributed by atoms with E-state index in [4.69, 9.17) is 21.3 Å². The van der Waals surface area contributed by atoms with Crippen LogP contribution in [0.4, 0.5) is 5.82 Å². The number of hydrogen-bond donors (Lipinski definition) is 5. The third-order valence-electron chi connectivity index (χ3n) is 2.82. The molecule has 0 saturated carbocycles. The number of aliphatic hydroxyl groups excluding tert-OH is 3. The van der Waals surface area contributed by atoms with Crippen LogP contribution in [0.1, 0.15) is 16.8 Å². The number of ether oxygens (including phenoxy) is 1. The first kappa shape index (κ1) is 12.8. The minimum absolute atomic E-state index is 0.0543. The SMILES string of the molecule is NC(=O)c1ncc(N)n1[C@@H]1O[C@H](CO)[C@@H](O)[C@H]1O. The van der Waals surface area contributed by atoms with E-state index in [1.54, 1.807) is 0 Å². The molecule has 9 nitrogen and oxygen atoms in total. The van der Waals surface area contributed by atoms with Gasteiger partial charge >= 0.3 is 0 Å². The van der Waals surface area contributed by atoms with Gasteiger partial charge < -0.3 is 31.5 Å². The number of anilines is 1. The largest absolute Gasteiger partial charge is 0.394 e. The lowest BCUT2D eigenvalue weighted by molar-refractivity contribution is -0.0524. The Balaban J connectivity index is 2.38. The highest BCUT2D eigenvalue weighted by atomic mass is 16.6. The van der Waals surface area contributed by atoms with E-state index in [9.17, 15) is 15.0 Å². The van der Waals surface area contributed by atoms with E-state index in [2.05, 4.69) is 4.98 Å². The highest BCUT2D eigenvalue weighted by molar-refractivity contribution is 5.89. The maximum atomic E-state index is 11.2. The summed E-state index contributed by atoms with van der Waals surface area (Å²) in [5.74, 6) is -0.981. The lowest BCUT2D eigenvalue weighted by Crippen LogP contribution is -2.34. The average molecular weight is 258 g/mol. The molecule has 1 aliphatic rings. The van der Waals surface area contributed by atoms with Crippen LogP contribution in [0.5, 0.6) is 0 Å². The van der Waals surface area contributed by atoms with E-state index in [-0.39, 0.29) is 11.6 Å². The highest BCUT2D eigenvalue weighted by Gasteiger charge is 2.44. The van der Waals surface area contributed by atoms with Crippen molar-refractivity contribution in [2.24, 2.45) is 5.73 Å². The molecule has 1 amide bonds. The van der Waals surface area contributed by atoms with Gasteiger partial charge in [-0.25, -0.2) is 4.98 Å². The Morgan fingerprint density at radius 2 is 2.17 bits per heavy atom. The fourth-order valence-electron chi connectivity index (χ4n) is 1.92. The zero-order valence-corrected chi connectivity index (χ0v) is 9.30. The van der Waals surface area contributed by atoms with Crippen LogP contribution in [0.25, 0.3) is 0 Å². The molecule has 1 aromatic rings. The van der Waals surface area contributed by atoms with Crippen LogP contribution >= 0.6 is 0 Å². The molecule has 1 saturated heterocycles. The van der Waals surface area contributed by atoms with Gasteiger partial charge in [0.25, 0.3) is 5.91 Å². The molecule has 1 fully saturated rings. The molecule has 100 valence electrons. The summed E-state index contributed by atoms with van der Waals surface area (Å²) >= 11 is 0. The number of nitrogen functional groups attached to an aromatic ring is 1. The van der Waals surface area contributed by atoms with Crippen molar-refractivity contribution < 1.29 is 24.9 Å². The van der Waals surface area contributed by atoms with Crippen LogP contribution in [0.2, 0.25) is 0 Å². The fraction of sp³-hybridized carbons (Fsp3) is 0.556. The maximum Gasteiger partial charge on any atom is 0.284 e. The molecule has 0 unspecified atom stereocenters. The highest BCUT2D eigenvalue weighted by Crippen LogP contribution is 2.31. The quantitative estimate of drug-likeness (QED) is 0.391. The minimum Gasteiger partial charge on any atom is -0.394 e. The van der Waals surface area contributed by atoms with Gasteiger partial charge in [0.1, 0.15) is 24.1 Å². The molecule has 0 aromatic carbocycles. The molecule has 2 rings (SSSR count). The van der Waals surface area contributed by atoms with Crippen molar-refractivity contribution in [3.63, 3.8) is 0 Å². The van der Waals surface area contributed by atoms with E-state index in [0.717, 1.165) is 4.57 Å². The Morgan fingerprint density at radius 3 is 2.67 bits per heavy atom. The van der Waals surface area contributed by atoms with E-state index in [1.165, 1.54) is 6.20 Å². The second-order valence-corrected chi connectivity index (χ2v) is 3.97. The van der Waals surface area contributed by atoms with Gasteiger partial charge in [-0.2, -0.15) is 0 Å². The number of hydrogen-bond acceptors (Lipinski definition) is 7. The molecule has 18 heavy (non-hydrogen) atoms. The summed E-state index contributed by atoms with van der Waals surface area (Å²) in [5, 5.41) is 28.4. The molecule has 9 heteroatoms. The monoisotopic (exact) mass is 258 g/mol. The van der Waals surface area contributed by atoms with Gasteiger partial charge in [0, 0.05) is 0 Å². The molecule has 4 atom stereocenters. The molecule has 7 N–H and O–H groups in total. The second kappa shape index (κ2) is 4.53. The van der Waals surface area contributed by atoms with Gasteiger partial charge in [-0.05, 0) is 0 Å². The van der Waals surface area contributed by atoms with Gasteiger partial charge in [-0.3, -0.25) is 9.36 Å². The summed E-state index contributed by atoms with van der Waals surface area (Å²) in [4.78, 5) is 14.9. The summed E-state index contributed by atoms with van der Waals surface area (Å²) in [7, 11) is 0. The van der Waals surface area contributed by atoms with E-state index < -0.39 is 37.1 Å². The van der Waals surface area contributed by atoms with Crippen molar-refractivity contribution in [1.29, 1.82) is 0 Å². The zero-order chi connectivity index (χ0) is 13.4. The molecule has 2 heterocycles. The van der Waals surface area contributed by atoms with Crippen LogP contribution in [0.3, 0.4) is 0 Å². The number of imidazole rings is 1. The van der Waals surface area contributed by atoms with Crippen molar-refractivity contribution in [2.75, 3.05) is 12.3 Å². The summed E-state index contributed by atoms with van der Waals surface area (Å²) in [6, 6.07) is 0. The van der Waals surface area contributed by atoms with Gasteiger partial charge in [0.15, 0.2) is 6.23 Å². The number of aliphatic hydroxyl groups is 3. The third-order valence-corrected chi connectivity index (χ3v) is 2.82. The first-order chi connectivity index (χ1) is 8.47. The molecule has 0 spiro atoms. The molecule has 1 aliphatic heterocycles. The molecular formula is C9H14N4O5. The Kier molecular flexibility index (Phi) is 3.22. The number of primary amides is 1. The van der Waals surface area contributed by atoms with Gasteiger partial charge in [0.2, 0.25) is 5.82 Å². The number of carbonyl (C=O) groups is 1. The number of nitrogens with two attached hydrogens (primary N) is 2. The molecule has 0 aliphatic carbocycles. The van der Waals surface area contributed by atoms with Crippen LogP contribution in [-0.4, -0.2) is 55.7 Å². The summed E-state index contributed by atoms with van der Waals surface area (Å²) < 4.78 is 6.33. The Bertz CT molecular complexity index is 462. The van der Waals surface area contributed by atoms with Gasteiger partial charge in [-0.1, -0.05) is 0 Å². The van der Waals surface area contributed by atoms with E-state index >= 15 is 0 Å². The maximum absolute atomic E-state index is 11.2. The van der Waals surface area contributed by atoms with Crippen molar-refractivity contribution in [1.82, 2.24) is 9.55 Å². The molecular weight excluding hydrogens is 244 g/mol. The Hall–Kier alpha value is -1.68. The second-order valence-electron chi connectivity index (χ2n) is 3.97. The van der Waals surface area contributed by atoms with Gasteiger partial charge in [0.05, 0.1) is 12.8 Å². The average Bonchev–Trinajstić information content (AvgIpc) is 2.82. The predicted octanol–water partition coefficient (Wildman–Crippen LogP) is -2.82. The number of rotatable bonds is 3. The molecule has 1 aromatic heterocycles. The van der Waals surface area contributed by atoms with Crippen LogP contribution in [0, 0.1) is 0 Å². The summed E-state index contributed by atoms with van der Waals surface area (Å²) in [5.41, 5.74) is 10.7. The van der Waals surface area contributed by atoms with Crippen molar-refractivity contribution >= 4 is 11.7 Å². The molecule has 0 bridgehead atoms. The van der Waals surface area contributed by atoms with Crippen LogP contribution in [-0.2, 0) is 4.74 Å². The minimum atomic E-state index is -1.35. The standard InChI is InChI=1S/C9H14N4O5/c10-4-1-12-8(7(11)17)13(4)9-6(16)5(15)3(2-14)18-9/h1,3,5-6,9,14-16H,2,10H2,(H2,11,17)/t3-,5-,6-,9-/m1/s1. The Morgan fingerprint density at radius 1 is 1.50 bits per heavy atom. The topological polar surface area (TPSA) is 157 Å². The van der Waals surface area contributed by atoms with Crippen molar-refractivity contribution in [3.8, 4) is 0 Å². The predicted molar refractivity (Wildman–Crippen MR) is 58.2 cm³/mol. The zero-order valence-electron chi connectivity index (χ0n) is 9.30. The van der Waals surface area contributed by atoms with Crippen molar-refractivity contribution in [3.05, 3.63) is 12.0 Å².